The van der Waals surface area contributed by atoms with Crippen molar-refractivity contribution in [2.45, 2.75) is 25.3 Å². The topological polar surface area (TPSA) is 41.0 Å². The van der Waals surface area contributed by atoms with Crippen molar-refractivity contribution in [1.29, 1.82) is 0 Å². The van der Waals surface area contributed by atoms with Gasteiger partial charge < -0.3 is 10.2 Å². The van der Waals surface area contributed by atoms with Crippen LogP contribution >= 0.6 is 0 Å². The van der Waals surface area contributed by atoms with Crippen molar-refractivity contribution in [2.24, 2.45) is 0 Å². The van der Waals surface area contributed by atoms with Crippen LogP contribution < -0.4 is 10.2 Å². The first-order valence-corrected chi connectivity index (χ1v) is 5.57. The van der Waals surface area contributed by atoms with E-state index in [1.807, 2.05) is 6.20 Å². The van der Waals surface area contributed by atoms with Crippen molar-refractivity contribution >= 4 is 5.82 Å². The molecule has 1 atom stereocenters. The molecule has 2 heterocycles. The van der Waals surface area contributed by atoms with E-state index in [4.69, 9.17) is 0 Å². The summed E-state index contributed by atoms with van der Waals surface area (Å²) in [6, 6.07) is 0.698. The van der Waals surface area contributed by atoms with Crippen LogP contribution in [-0.2, 0) is 0 Å². The molecule has 4 nitrogen and oxygen atoms in total. The predicted octanol–water partition coefficient (Wildman–Crippen LogP) is 1.05. The second-order valence-corrected chi connectivity index (χ2v) is 4.07. The highest BCUT2D eigenvalue weighted by Gasteiger charge is 2.14. The maximum atomic E-state index is 4.27. The Kier molecular flexibility index (Phi) is 3.50. The molecule has 0 aromatic carbocycles. The van der Waals surface area contributed by atoms with Crippen LogP contribution in [0.2, 0.25) is 0 Å². The second-order valence-electron chi connectivity index (χ2n) is 4.07. The summed E-state index contributed by atoms with van der Waals surface area (Å²) in [7, 11) is 2.07. The normalized spacial score (nSPS) is 20.5. The van der Waals surface area contributed by atoms with Crippen molar-refractivity contribution < 1.29 is 0 Å². The number of rotatable bonds is 4. The molecule has 1 aliphatic heterocycles. The molecule has 1 unspecified atom stereocenters. The minimum Gasteiger partial charge on any atom is -0.358 e. The standard InChI is InChI=1S/C11H18N4/c1-15(11-9-12-6-7-14-11)8-4-10-3-2-5-13-10/h6-7,9-10,13H,2-5,8H2,1H3. The van der Waals surface area contributed by atoms with Crippen LogP contribution in [0.5, 0.6) is 0 Å². The Hall–Kier alpha value is -1.16. The highest BCUT2D eigenvalue weighted by Crippen LogP contribution is 2.11. The van der Waals surface area contributed by atoms with Crippen LogP contribution in [0.4, 0.5) is 5.82 Å². The van der Waals surface area contributed by atoms with Crippen molar-refractivity contribution in [3.05, 3.63) is 18.6 Å². The van der Waals surface area contributed by atoms with Crippen molar-refractivity contribution in [3.63, 3.8) is 0 Å². The Morgan fingerprint density at radius 2 is 2.47 bits per heavy atom. The van der Waals surface area contributed by atoms with E-state index >= 15 is 0 Å². The van der Waals surface area contributed by atoms with E-state index in [0.29, 0.717) is 6.04 Å². The fourth-order valence-corrected chi connectivity index (χ4v) is 1.96. The van der Waals surface area contributed by atoms with Gasteiger partial charge in [0.25, 0.3) is 0 Å². The summed E-state index contributed by atoms with van der Waals surface area (Å²) in [4.78, 5) is 10.5. The molecule has 0 radical (unpaired) electrons. The lowest BCUT2D eigenvalue weighted by Crippen LogP contribution is -2.28. The minimum atomic E-state index is 0.698. The van der Waals surface area contributed by atoms with Gasteiger partial charge in [-0.2, -0.15) is 0 Å². The van der Waals surface area contributed by atoms with Gasteiger partial charge in [0.2, 0.25) is 0 Å². The Morgan fingerprint density at radius 1 is 1.53 bits per heavy atom. The van der Waals surface area contributed by atoms with Gasteiger partial charge in [0.05, 0.1) is 6.20 Å². The fraction of sp³-hybridized carbons (Fsp3) is 0.636. The van der Waals surface area contributed by atoms with Gasteiger partial charge in [-0.1, -0.05) is 0 Å². The molecule has 15 heavy (non-hydrogen) atoms. The van der Waals surface area contributed by atoms with E-state index in [1.165, 1.54) is 25.8 Å². The Bertz CT molecular complexity index is 282. The average Bonchev–Trinajstić information content (AvgIpc) is 2.80. The molecule has 1 aromatic rings. The van der Waals surface area contributed by atoms with E-state index < -0.39 is 0 Å². The first-order chi connectivity index (χ1) is 7.36. The summed E-state index contributed by atoms with van der Waals surface area (Å²) < 4.78 is 0. The molecule has 4 heteroatoms. The number of aromatic nitrogens is 2. The zero-order valence-electron chi connectivity index (χ0n) is 9.19. The third-order valence-electron chi connectivity index (χ3n) is 2.92. The summed E-state index contributed by atoms with van der Waals surface area (Å²) in [5.41, 5.74) is 0. The second kappa shape index (κ2) is 5.07. The SMILES string of the molecule is CN(CCC1CCCN1)c1cnccn1. The molecule has 1 aliphatic rings. The molecule has 0 aliphatic carbocycles. The molecular weight excluding hydrogens is 188 g/mol. The summed E-state index contributed by atoms with van der Waals surface area (Å²) in [5.74, 6) is 0.954. The highest BCUT2D eigenvalue weighted by atomic mass is 15.2. The molecule has 1 N–H and O–H groups in total. The number of nitrogens with one attached hydrogen (secondary N) is 1. The van der Waals surface area contributed by atoms with Crippen molar-refractivity contribution in [2.75, 3.05) is 25.0 Å². The lowest BCUT2D eigenvalue weighted by molar-refractivity contribution is 0.558. The summed E-state index contributed by atoms with van der Waals surface area (Å²) in [6.07, 6.45) is 9.07. The molecular formula is C11H18N4. The minimum absolute atomic E-state index is 0.698. The lowest BCUT2D eigenvalue weighted by atomic mass is 10.1. The van der Waals surface area contributed by atoms with Crippen LogP contribution in [0.1, 0.15) is 19.3 Å². The van der Waals surface area contributed by atoms with Gasteiger partial charge in [-0.25, -0.2) is 4.98 Å². The van der Waals surface area contributed by atoms with Crippen LogP contribution in [0.25, 0.3) is 0 Å². The average molecular weight is 206 g/mol. The third-order valence-corrected chi connectivity index (χ3v) is 2.92. The monoisotopic (exact) mass is 206 g/mol. The van der Waals surface area contributed by atoms with Crippen LogP contribution in [0.15, 0.2) is 18.6 Å². The molecule has 2 rings (SSSR count). The summed E-state index contributed by atoms with van der Waals surface area (Å²) in [6.45, 7) is 2.22. The van der Waals surface area contributed by atoms with Gasteiger partial charge in [-0.3, -0.25) is 4.98 Å². The predicted molar refractivity (Wildman–Crippen MR) is 60.9 cm³/mol. The van der Waals surface area contributed by atoms with E-state index in [2.05, 4.69) is 27.2 Å². The van der Waals surface area contributed by atoms with Crippen LogP contribution in [0, 0.1) is 0 Å². The van der Waals surface area contributed by atoms with E-state index in [1.54, 1.807) is 12.4 Å². The number of nitrogens with zero attached hydrogens (tertiary/aromatic N) is 3. The lowest BCUT2D eigenvalue weighted by Gasteiger charge is -2.19. The molecule has 0 bridgehead atoms. The molecule has 82 valence electrons. The Labute approximate surface area is 90.7 Å². The Morgan fingerprint density at radius 3 is 3.13 bits per heavy atom. The first kappa shape index (κ1) is 10.4. The number of hydrogen-bond donors (Lipinski definition) is 1. The van der Waals surface area contributed by atoms with E-state index in [9.17, 15) is 0 Å². The maximum Gasteiger partial charge on any atom is 0.146 e. The number of hydrogen-bond acceptors (Lipinski definition) is 4. The zero-order chi connectivity index (χ0) is 10.5. The smallest absolute Gasteiger partial charge is 0.146 e. The zero-order valence-corrected chi connectivity index (χ0v) is 9.19. The Balaban J connectivity index is 1.79. The largest absolute Gasteiger partial charge is 0.358 e. The molecule has 1 fully saturated rings. The first-order valence-electron chi connectivity index (χ1n) is 5.57. The molecule has 0 spiro atoms. The molecule has 0 amide bonds. The van der Waals surface area contributed by atoms with Gasteiger partial charge in [0.15, 0.2) is 0 Å². The maximum absolute atomic E-state index is 4.27. The van der Waals surface area contributed by atoms with Crippen LogP contribution in [-0.4, -0.2) is 36.1 Å². The van der Waals surface area contributed by atoms with Gasteiger partial charge in [-0.05, 0) is 25.8 Å². The van der Waals surface area contributed by atoms with Crippen molar-refractivity contribution in [3.8, 4) is 0 Å². The van der Waals surface area contributed by atoms with E-state index in [0.717, 1.165) is 12.4 Å². The van der Waals surface area contributed by atoms with Gasteiger partial charge in [-0.15, -0.1) is 0 Å². The number of anilines is 1. The molecule has 1 saturated heterocycles. The van der Waals surface area contributed by atoms with Crippen LogP contribution in [0.3, 0.4) is 0 Å². The molecule has 1 aromatic heterocycles. The summed E-state index contributed by atoms with van der Waals surface area (Å²) in [5, 5.41) is 3.50. The quantitative estimate of drug-likeness (QED) is 0.799. The van der Waals surface area contributed by atoms with E-state index in [-0.39, 0.29) is 0 Å². The molecule has 0 saturated carbocycles. The third kappa shape index (κ3) is 2.89. The van der Waals surface area contributed by atoms with Gasteiger partial charge in [0, 0.05) is 32.0 Å². The van der Waals surface area contributed by atoms with Crippen molar-refractivity contribution in [1.82, 2.24) is 15.3 Å². The van der Waals surface area contributed by atoms with Gasteiger partial charge >= 0.3 is 0 Å². The fourth-order valence-electron chi connectivity index (χ4n) is 1.96. The van der Waals surface area contributed by atoms with Gasteiger partial charge in [0.1, 0.15) is 5.82 Å². The summed E-state index contributed by atoms with van der Waals surface area (Å²) >= 11 is 0. The highest BCUT2D eigenvalue weighted by molar-refractivity contribution is 5.33.